The molecule has 3 aliphatic carbocycles. The molecule has 0 aliphatic heterocycles. The molecule has 0 N–H and O–H groups in total. The molecule has 3 aliphatic rings. The predicted octanol–water partition coefficient (Wildman–Crippen LogP) is 7.44. The first kappa shape index (κ1) is 19.7. The minimum atomic E-state index is -5.08. The van der Waals surface area contributed by atoms with E-state index in [9.17, 15) is 27.2 Å². The molecule has 1 heterocycles. The number of carbonyl (C=O) groups excluding carboxylic acids is 1. The van der Waals surface area contributed by atoms with E-state index >= 15 is 0 Å². The van der Waals surface area contributed by atoms with Crippen LogP contribution in [0.1, 0.15) is 86.5 Å². The maximum absolute atomic E-state index is 14.7. The van der Waals surface area contributed by atoms with Crippen LogP contribution in [0.5, 0.6) is 0 Å². The van der Waals surface area contributed by atoms with Crippen LogP contribution in [0.4, 0.5) is 17.6 Å². The lowest BCUT2D eigenvalue weighted by atomic mass is 9.82. The zero-order valence-electron chi connectivity index (χ0n) is 43.3. The molecule has 0 saturated carbocycles. The molecule has 5 rings (SSSR count). The molecule has 0 fully saturated rings. The van der Waals surface area contributed by atoms with Crippen molar-refractivity contribution in [2.24, 2.45) is 5.92 Å². The van der Waals surface area contributed by atoms with Crippen molar-refractivity contribution < 1.29 is 45.7 Å². The van der Waals surface area contributed by atoms with Crippen molar-refractivity contribution in [1.29, 1.82) is 0 Å². The van der Waals surface area contributed by atoms with Gasteiger partial charge in [0.2, 0.25) is 5.91 Å². The molecule has 1 amide bonds. The molecule has 11 heteroatoms. The Bertz CT molecular complexity index is 2440. The van der Waals surface area contributed by atoms with Gasteiger partial charge in [-0.2, -0.15) is 18.2 Å². The van der Waals surface area contributed by atoms with Gasteiger partial charge in [0, 0.05) is 54.5 Å². The number of alkyl halides is 3. The number of hydrogen-bond donors (Lipinski definition) is 0. The molecule has 0 radical (unpaired) electrons. The molecular formula is C37H44F4N4O2S. The number of aromatic nitrogens is 2. The summed E-state index contributed by atoms with van der Waals surface area (Å²) in [5.41, 5.74) is -7.32. The van der Waals surface area contributed by atoms with Crippen LogP contribution in [-0.4, -0.2) is 64.1 Å². The molecule has 4 atom stereocenters. The number of hydrogen-bond acceptors (Lipinski definition) is 5. The molecule has 0 spiro atoms. The average Bonchev–Trinajstić information content (AvgIpc) is 3.68. The largest absolute Gasteiger partial charge is 0.412 e. The first-order chi connectivity index (χ1) is 29.7. The van der Waals surface area contributed by atoms with Gasteiger partial charge in [-0.1, -0.05) is 74.4 Å². The quantitative estimate of drug-likeness (QED) is 0.124. The molecule has 6 nitrogen and oxygen atoms in total. The van der Waals surface area contributed by atoms with E-state index in [2.05, 4.69) is 4.98 Å². The van der Waals surface area contributed by atoms with Crippen LogP contribution in [0.2, 0.25) is 0 Å². The van der Waals surface area contributed by atoms with E-state index in [1.54, 1.807) is 0 Å². The lowest BCUT2D eigenvalue weighted by Gasteiger charge is -2.30. The van der Waals surface area contributed by atoms with E-state index in [1.165, 1.54) is 0 Å². The Labute approximate surface area is 308 Å². The van der Waals surface area contributed by atoms with E-state index in [0.717, 1.165) is 35.1 Å². The smallest absolute Gasteiger partial charge is 0.336 e. The summed E-state index contributed by atoms with van der Waals surface area (Å²) in [6.45, 7) is -4.27. The summed E-state index contributed by atoms with van der Waals surface area (Å²) < 4.78 is 201. The number of benzene rings is 1. The summed E-state index contributed by atoms with van der Waals surface area (Å²) in [5, 5.41) is -0.488. The minimum absolute atomic E-state index is 0.128. The van der Waals surface area contributed by atoms with Crippen LogP contribution in [0.25, 0.3) is 0 Å². The molecule has 2 aromatic rings. The summed E-state index contributed by atoms with van der Waals surface area (Å²) in [5.74, 6) is -4.21. The molecule has 4 unspecified atom stereocenters. The molecule has 1 aromatic heterocycles. The third-order valence-corrected chi connectivity index (χ3v) is 8.59. The average molecular weight is 702 g/mol. The maximum atomic E-state index is 14.7. The molecule has 258 valence electrons. The second kappa shape index (κ2) is 15.8. The molecule has 0 bridgehead atoms. The maximum Gasteiger partial charge on any atom is 0.412 e. The van der Waals surface area contributed by atoms with Crippen molar-refractivity contribution in [1.82, 2.24) is 19.4 Å². The lowest BCUT2D eigenvalue weighted by Crippen LogP contribution is -2.42. The van der Waals surface area contributed by atoms with E-state index in [0.29, 0.717) is 6.42 Å². The second-order valence-corrected chi connectivity index (χ2v) is 11.7. The van der Waals surface area contributed by atoms with E-state index < -0.39 is 169 Å². The van der Waals surface area contributed by atoms with Crippen LogP contribution in [0.3, 0.4) is 0 Å². The van der Waals surface area contributed by atoms with Crippen molar-refractivity contribution in [2.75, 3.05) is 32.6 Å². The number of likely N-dealkylation sites (N-methyl/N-ethyl adjacent to an activating group) is 1. The molecule has 0 saturated heterocycles. The highest BCUT2D eigenvalue weighted by molar-refractivity contribution is 7.98. The zero-order valence-corrected chi connectivity index (χ0v) is 27.1. The highest BCUT2D eigenvalue weighted by atomic mass is 32.2. The van der Waals surface area contributed by atoms with Gasteiger partial charge in [-0.25, -0.2) is 4.39 Å². The van der Waals surface area contributed by atoms with Crippen LogP contribution in [-0.2, 0) is 29.9 Å². The fourth-order valence-corrected chi connectivity index (χ4v) is 6.04. The Morgan fingerprint density at radius 2 is 1.81 bits per heavy atom. The van der Waals surface area contributed by atoms with Gasteiger partial charge in [-0.3, -0.25) is 9.59 Å². The zero-order chi connectivity index (χ0) is 49.4. The van der Waals surface area contributed by atoms with Crippen LogP contribution >= 0.6 is 11.8 Å². The van der Waals surface area contributed by atoms with Crippen molar-refractivity contribution in [2.45, 2.75) is 82.8 Å². The standard InChI is InChI=1S/C37H44F4N4O2S/c1-4-43(5-2)19-20-44(22-26-9-13-28(14-10-26)29-15-18-32(25(3)21-29)37(39,40)41)34(46)23-45-33-8-6-7-31(33)35(47)42-36(45)48-24-27-11-16-30(38)17-12-27/h9,11-13,15-18,25H,4-8,10,14,19-24H2,1-3H3/i4D2,5D2,9D,10D,11D,12D,13D,14D,15D,16D,17D,18D,21D,24D2. The predicted molar refractivity (Wildman–Crippen MR) is 182 cm³/mol. The first-order valence-electron chi connectivity index (χ1n) is 23.7. The van der Waals surface area contributed by atoms with E-state index in [1.807, 2.05) is 0 Å². The minimum Gasteiger partial charge on any atom is -0.336 e. The Hall–Kier alpha value is -3.44. The topological polar surface area (TPSA) is 58.4 Å². The van der Waals surface area contributed by atoms with Gasteiger partial charge in [-0.05, 0) is 86.2 Å². The summed E-state index contributed by atoms with van der Waals surface area (Å²) in [6.07, 6.45) is -10.1. The van der Waals surface area contributed by atoms with E-state index in [-0.39, 0.29) is 41.4 Å². The molecular weight excluding hydrogens is 640 g/mol. The fraction of sp³-hybridized carbons (Fsp3) is 0.486. The van der Waals surface area contributed by atoms with Crippen molar-refractivity contribution in [3.8, 4) is 0 Å². The number of allylic oxidation sites excluding steroid dienone is 7. The first-order valence-corrected chi connectivity index (χ1v) is 15.8. The van der Waals surface area contributed by atoms with Gasteiger partial charge < -0.3 is 14.4 Å². The number of thioether (sulfide) groups is 1. The summed E-state index contributed by atoms with van der Waals surface area (Å²) in [7, 11) is 0. The molecule has 1 aromatic carbocycles. The second-order valence-electron chi connectivity index (χ2n) is 10.9. The number of nitrogens with zero attached hydrogens (tertiary/aromatic N) is 4. The summed E-state index contributed by atoms with van der Waals surface area (Å²) >= 11 is 0.128. The van der Waals surface area contributed by atoms with Gasteiger partial charge in [0.1, 0.15) is 12.4 Å². The van der Waals surface area contributed by atoms with Crippen LogP contribution in [0, 0.1) is 11.7 Å². The van der Waals surface area contributed by atoms with Crippen molar-refractivity contribution >= 4 is 17.7 Å². The highest BCUT2D eigenvalue weighted by Crippen LogP contribution is 2.40. The number of amides is 1. The highest BCUT2D eigenvalue weighted by Gasteiger charge is 2.38. The number of rotatable bonds is 13. The SMILES string of the molecule is [2H]C1=C(CN(CCN(C([2H])([2H])C)C([2H])([2H])C)C(=O)Cn2c(SC([2H])([2H])c3c([2H])c([2H])c(F)c([2H])c3[2H])nc(=O)c3c2CCC3)C([2H])C([2H])C(C2=C([2H])C([2H])=C(C(F)(F)F)C(C)C2[2H])=C1[2H]. The summed E-state index contributed by atoms with van der Waals surface area (Å²) in [6, 6.07) is -8.50. The van der Waals surface area contributed by atoms with Gasteiger partial charge in [0.15, 0.2) is 5.16 Å². The fourth-order valence-electron chi connectivity index (χ4n) is 5.33. The summed E-state index contributed by atoms with van der Waals surface area (Å²) in [4.78, 5) is 33.6. The monoisotopic (exact) mass is 701 g/mol. The van der Waals surface area contributed by atoms with Crippen LogP contribution in [0.15, 0.2) is 80.6 Å². The van der Waals surface area contributed by atoms with Crippen LogP contribution < -0.4 is 5.56 Å². The van der Waals surface area contributed by atoms with Crippen molar-refractivity contribution in [3.05, 3.63) is 104 Å². The van der Waals surface area contributed by atoms with Gasteiger partial charge >= 0.3 is 6.18 Å². The Balaban J connectivity index is 1.64. The third kappa shape index (κ3) is 8.77. The Morgan fingerprint density at radius 3 is 2.52 bits per heavy atom. The van der Waals surface area contributed by atoms with Gasteiger partial charge in [0.05, 0.1) is 11.0 Å². The van der Waals surface area contributed by atoms with Crippen molar-refractivity contribution in [3.63, 3.8) is 0 Å². The Morgan fingerprint density at radius 1 is 1.08 bits per heavy atom. The lowest BCUT2D eigenvalue weighted by molar-refractivity contribution is -0.131. The van der Waals surface area contributed by atoms with Gasteiger partial charge in [-0.15, -0.1) is 0 Å². The van der Waals surface area contributed by atoms with Gasteiger partial charge in [0.25, 0.3) is 5.56 Å². The Kier molecular flexibility index (Phi) is 6.49. The van der Waals surface area contributed by atoms with E-state index in [4.69, 9.17) is 23.3 Å². The molecule has 48 heavy (non-hydrogen) atoms. The number of halogens is 4. The number of fused-ring (bicyclic) bond motifs is 1. The number of carbonyl (C=O) groups is 1. The third-order valence-electron chi connectivity index (χ3n) is 7.79. The normalized spacial score (nSPS) is 29.3.